The van der Waals surface area contributed by atoms with Crippen molar-refractivity contribution in [1.29, 1.82) is 0 Å². The number of nitrogens with zero attached hydrogens (tertiary/aromatic N) is 5. The highest BCUT2D eigenvalue weighted by Gasteiger charge is 2.42. The van der Waals surface area contributed by atoms with Crippen LogP contribution >= 0.6 is 0 Å². The molecule has 1 unspecified atom stereocenters. The molecule has 28 heavy (non-hydrogen) atoms. The van der Waals surface area contributed by atoms with Crippen molar-refractivity contribution in [2.24, 2.45) is 0 Å². The highest BCUT2D eigenvalue weighted by atomic mass is 16.3. The molecule has 0 bridgehead atoms. The van der Waals surface area contributed by atoms with E-state index in [0.29, 0.717) is 41.2 Å². The van der Waals surface area contributed by atoms with Crippen LogP contribution in [0.4, 0.5) is 5.82 Å². The number of nitrogens with two attached hydrogens (primary N) is 1. The molecular formula is C20H18N6O2. The molecule has 8 nitrogen and oxygen atoms in total. The summed E-state index contributed by atoms with van der Waals surface area (Å²) in [5.74, 6) is 6.06. The number of carbonyl (C=O) groups excluding carboxylic acids is 1. The molecule has 8 heteroatoms. The summed E-state index contributed by atoms with van der Waals surface area (Å²) < 4.78 is 0. The first-order valence-electron chi connectivity index (χ1n) is 8.74. The zero-order chi connectivity index (χ0) is 19.9. The summed E-state index contributed by atoms with van der Waals surface area (Å²) in [5.41, 5.74) is 7.24. The minimum Gasteiger partial charge on any atom is -0.382 e. The van der Waals surface area contributed by atoms with E-state index >= 15 is 0 Å². The monoisotopic (exact) mass is 374 g/mol. The van der Waals surface area contributed by atoms with Gasteiger partial charge in [-0.05, 0) is 19.1 Å². The Morgan fingerprint density at radius 1 is 1.29 bits per heavy atom. The number of aliphatic hydroxyl groups is 1. The van der Waals surface area contributed by atoms with Crippen molar-refractivity contribution in [3.8, 4) is 23.1 Å². The Hall–Kier alpha value is -3.57. The third-order valence-electron chi connectivity index (χ3n) is 4.63. The second-order valence-corrected chi connectivity index (χ2v) is 6.75. The van der Waals surface area contributed by atoms with E-state index in [1.165, 1.54) is 4.90 Å². The number of benzene rings is 1. The van der Waals surface area contributed by atoms with Crippen molar-refractivity contribution in [2.45, 2.75) is 18.9 Å². The van der Waals surface area contributed by atoms with Crippen molar-refractivity contribution in [1.82, 2.24) is 24.8 Å². The summed E-state index contributed by atoms with van der Waals surface area (Å²) in [6.45, 7) is 2.23. The Labute approximate surface area is 161 Å². The summed E-state index contributed by atoms with van der Waals surface area (Å²) in [5, 5.41) is 10.4. The van der Waals surface area contributed by atoms with E-state index in [0.717, 1.165) is 5.56 Å². The maximum absolute atomic E-state index is 12.0. The first-order valence-corrected chi connectivity index (χ1v) is 8.74. The maximum Gasteiger partial charge on any atom is 0.267 e. The Morgan fingerprint density at radius 2 is 2.11 bits per heavy atom. The molecule has 1 aromatic carbocycles. The van der Waals surface area contributed by atoms with E-state index in [9.17, 15) is 9.90 Å². The van der Waals surface area contributed by atoms with E-state index in [4.69, 9.17) is 5.73 Å². The number of rotatable bonds is 1. The number of aryl methyl sites for hydroxylation is 1. The normalized spacial score (nSPS) is 19.0. The Morgan fingerprint density at radius 3 is 2.86 bits per heavy atom. The molecule has 3 aromatic rings. The molecule has 3 heterocycles. The molecule has 140 valence electrons. The number of likely N-dealkylation sites (N-methyl/N-ethyl adjacent to an activating group) is 1. The van der Waals surface area contributed by atoms with Gasteiger partial charge in [0.2, 0.25) is 5.60 Å². The number of likely N-dealkylation sites (tertiary alicyclic amines) is 1. The van der Waals surface area contributed by atoms with Crippen LogP contribution in [0.25, 0.3) is 22.4 Å². The predicted octanol–water partition coefficient (Wildman–Crippen LogP) is 0.922. The average Bonchev–Trinajstić information content (AvgIpc) is 2.94. The molecule has 4 rings (SSSR count). The summed E-state index contributed by atoms with van der Waals surface area (Å²) in [4.78, 5) is 30.7. The topological polar surface area (TPSA) is 118 Å². The molecule has 1 atom stereocenters. The lowest BCUT2D eigenvalue weighted by Gasteiger charge is -2.13. The van der Waals surface area contributed by atoms with Crippen LogP contribution in [-0.2, 0) is 4.79 Å². The minimum absolute atomic E-state index is 0.277. The molecule has 1 aliphatic heterocycles. The number of aromatic nitrogens is 4. The van der Waals surface area contributed by atoms with Crippen LogP contribution in [0.15, 0.2) is 30.5 Å². The van der Waals surface area contributed by atoms with Crippen molar-refractivity contribution in [3.63, 3.8) is 0 Å². The SMILES string of the molecule is Cc1nc(N)c2nc(-c3cccc(C#CC4(O)CCN(C)C4=O)c3)cnc2n1. The first kappa shape index (κ1) is 17.8. The summed E-state index contributed by atoms with van der Waals surface area (Å²) in [6.07, 6.45) is 1.91. The van der Waals surface area contributed by atoms with Crippen LogP contribution in [0.5, 0.6) is 0 Å². The Kier molecular flexibility index (Phi) is 4.17. The van der Waals surface area contributed by atoms with E-state index in [-0.39, 0.29) is 11.7 Å². The number of fused-ring (bicyclic) bond motifs is 1. The molecule has 0 saturated carbocycles. The minimum atomic E-state index is -1.63. The number of carbonyl (C=O) groups is 1. The summed E-state index contributed by atoms with van der Waals surface area (Å²) in [6, 6.07) is 7.32. The van der Waals surface area contributed by atoms with Gasteiger partial charge in [-0.3, -0.25) is 4.79 Å². The zero-order valence-corrected chi connectivity index (χ0v) is 15.5. The molecule has 0 radical (unpaired) electrons. The summed E-state index contributed by atoms with van der Waals surface area (Å²) in [7, 11) is 1.65. The van der Waals surface area contributed by atoms with Crippen LogP contribution in [0.2, 0.25) is 0 Å². The van der Waals surface area contributed by atoms with E-state index in [1.807, 2.05) is 18.2 Å². The van der Waals surface area contributed by atoms with Crippen molar-refractivity contribution in [2.75, 3.05) is 19.3 Å². The lowest BCUT2D eigenvalue weighted by atomic mass is 10.0. The third kappa shape index (κ3) is 3.12. The second-order valence-electron chi connectivity index (χ2n) is 6.75. The maximum atomic E-state index is 12.0. The van der Waals surface area contributed by atoms with Gasteiger partial charge in [0.1, 0.15) is 5.82 Å². The van der Waals surface area contributed by atoms with Gasteiger partial charge in [0.25, 0.3) is 5.91 Å². The third-order valence-corrected chi connectivity index (χ3v) is 4.63. The molecule has 1 fully saturated rings. The van der Waals surface area contributed by atoms with Crippen LogP contribution < -0.4 is 5.73 Å². The fourth-order valence-electron chi connectivity index (χ4n) is 3.08. The molecular weight excluding hydrogens is 356 g/mol. The lowest BCUT2D eigenvalue weighted by molar-refractivity contribution is -0.137. The largest absolute Gasteiger partial charge is 0.382 e. The highest BCUT2D eigenvalue weighted by molar-refractivity contribution is 5.90. The summed E-state index contributed by atoms with van der Waals surface area (Å²) >= 11 is 0. The molecule has 1 amide bonds. The van der Waals surface area contributed by atoms with E-state index in [1.54, 1.807) is 26.2 Å². The Bertz CT molecular complexity index is 1170. The van der Waals surface area contributed by atoms with Gasteiger partial charge < -0.3 is 15.7 Å². The highest BCUT2D eigenvalue weighted by Crippen LogP contribution is 2.23. The van der Waals surface area contributed by atoms with Gasteiger partial charge in [-0.15, -0.1) is 0 Å². The number of anilines is 1. The van der Waals surface area contributed by atoms with Gasteiger partial charge >= 0.3 is 0 Å². The molecule has 2 aromatic heterocycles. The smallest absolute Gasteiger partial charge is 0.267 e. The van der Waals surface area contributed by atoms with Gasteiger partial charge in [-0.2, -0.15) is 0 Å². The molecule has 0 aliphatic carbocycles. The van der Waals surface area contributed by atoms with Gasteiger partial charge in [-0.25, -0.2) is 19.9 Å². The van der Waals surface area contributed by atoms with Crippen molar-refractivity contribution < 1.29 is 9.90 Å². The number of hydrogen-bond acceptors (Lipinski definition) is 7. The van der Waals surface area contributed by atoms with Crippen molar-refractivity contribution in [3.05, 3.63) is 41.9 Å². The van der Waals surface area contributed by atoms with Crippen LogP contribution in [0.1, 0.15) is 17.8 Å². The number of hydrogen-bond donors (Lipinski definition) is 2. The quantitative estimate of drug-likeness (QED) is 0.608. The fourth-order valence-corrected chi connectivity index (χ4v) is 3.08. The standard InChI is InChI=1S/C20H18N6O2/c1-12-23-17(21)16-18(24-12)22-11-15(25-16)14-5-3-4-13(10-14)6-7-20(28)8-9-26(2)19(20)27/h3-5,10-11,28H,8-9H2,1-2H3,(H2,21,22,23,24). The van der Waals surface area contributed by atoms with Crippen molar-refractivity contribution >= 4 is 22.9 Å². The average molecular weight is 374 g/mol. The van der Waals surface area contributed by atoms with Crippen LogP contribution in [0.3, 0.4) is 0 Å². The molecule has 1 saturated heterocycles. The second kappa shape index (κ2) is 6.55. The Balaban J connectivity index is 1.70. The van der Waals surface area contributed by atoms with E-state index in [2.05, 4.69) is 31.8 Å². The predicted molar refractivity (Wildman–Crippen MR) is 104 cm³/mol. The first-order chi connectivity index (χ1) is 13.4. The van der Waals surface area contributed by atoms with Crippen LogP contribution in [0, 0.1) is 18.8 Å². The van der Waals surface area contributed by atoms with Gasteiger partial charge in [-0.1, -0.05) is 24.0 Å². The van der Waals surface area contributed by atoms with E-state index < -0.39 is 5.60 Å². The molecule has 1 aliphatic rings. The van der Waals surface area contributed by atoms with Gasteiger partial charge in [0.15, 0.2) is 17.0 Å². The zero-order valence-electron chi connectivity index (χ0n) is 15.5. The van der Waals surface area contributed by atoms with Gasteiger partial charge in [0, 0.05) is 31.1 Å². The number of nitrogen functional groups attached to an aromatic ring is 1. The molecule has 0 spiro atoms. The fraction of sp³-hybridized carbons (Fsp3) is 0.250. The lowest BCUT2D eigenvalue weighted by Crippen LogP contribution is -2.37. The van der Waals surface area contributed by atoms with Crippen LogP contribution in [-0.4, -0.2) is 55.0 Å². The number of amides is 1. The molecule has 3 N–H and O–H groups in total. The van der Waals surface area contributed by atoms with Gasteiger partial charge in [0.05, 0.1) is 11.9 Å².